The van der Waals surface area contributed by atoms with Gasteiger partial charge in [0, 0.05) is 24.0 Å². The van der Waals surface area contributed by atoms with Crippen LogP contribution in [-0.4, -0.2) is 22.4 Å². The van der Waals surface area contributed by atoms with Crippen LogP contribution in [0.15, 0.2) is 24.3 Å². The topological polar surface area (TPSA) is 113 Å². The van der Waals surface area contributed by atoms with Gasteiger partial charge in [0.1, 0.15) is 0 Å². The summed E-state index contributed by atoms with van der Waals surface area (Å²) in [7, 11) is 0. The van der Waals surface area contributed by atoms with E-state index in [-0.39, 0.29) is 5.69 Å². The van der Waals surface area contributed by atoms with Gasteiger partial charge in [0.05, 0.1) is 4.92 Å². The smallest absolute Gasteiger partial charge is 0.303 e. The van der Waals surface area contributed by atoms with Crippen LogP contribution in [0.5, 0.6) is 0 Å². The second-order valence-corrected chi connectivity index (χ2v) is 3.46. The normalized spacial score (nSPS) is 11.6. The minimum Gasteiger partial charge on any atom is -0.451 e. The monoisotopic (exact) mass is 254 g/mol. The van der Waals surface area contributed by atoms with Gasteiger partial charge in [-0.2, -0.15) is 0 Å². The zero-order chi connectivity index (χ0) is 13.7. The third kappa shape index (κ3) is 3.81. The molecule has 18 heavy (non-hydrogen) atoms. The lowest BCUT2D eigenvalue weighted by atomic mass is 10.1. The maximum Gasteiger partial charge on any atom is 0.303 e. The van der Waals surface area contributed by atoms with Gasteiger partial charge < -0.3 is 4.74 Å². The van der Waals surface area contributed by atoms with Crippen molar-refractivity contribution in [1.29, 1.82) is 0 Å². The summed E-state index contributed by atoms with van der Waals surface area (Å²) >= 11 is 0. The number of non-ortho nitro benzene ring substituents is 1. The van der Waals surface area contributed by atoms with Crippen molar-refractivity contribution in [2.45, 2.75) is 13.0 Å². The third-order valence-electron chi connectivity index (χ3n) is 2.10. The average Bonchev–Trinajstić information content (AvgIpc) is 2.27. The quantitative estimate of drug-likeness (QED) is 0.446. The van der Waals surface area contributed by atoms with Crippen LogP contribution in [-0.2, 0) is 9.53 Å². The van der Waals surface area contributed by atoms with Gasteiger partial charge in [0.15, 0.2) is 6.10 Å². The Kier molecular flexibility index (Phi) is 4.30. The summed E-state index contributed by atoms with van der Waals surface area (Å²) in [4.78, 5) is 30.5. The molecule has 8 nitrogen and oxygen atoms in total. The fraction of sp³-hybridized carbons (Fsp3) is 0.300. The Morgan fingerprint density at radius 3 is 2.22 bits per heavy atom. The van der Waals surface area contributed by atoms with Crippen LogP contribution in [0.25, 0.3) is 0 Å². The van der Waals surface area contributed by atoms with Crippen LogP contribution in [0.4, 0.5) is 5.69 Å². The van der Waals surface area contributed by atoms with E-state index in [2.05, 4.69) is 0 Å². The average molecular weight is 254 g/mol. The number of nitrogens with zero attached hydrogens (tertiary/aromatic N) is 2. The molecule has 0 aliphatic rings. The molecule has 0 spiro atoms. The molecule has 1 aromatic rings. The van der Waals surface area contributed by atoms with Crippen molar-refractivity contribution in [3.8, 4) is 0 Å². The summed E-state index contributed by atoms with van der Waals surface area (Å²) in [6, 6.07) is 5.06. The number of benzene rings is 1. The predicted octanol–water partition coefficient (Wildman–Crippen LogP) is 1.48. The van der Waals surface area contributed by atoms with Gasteiger partial charge in [-0.3, -0.25) is 25.0 Å². The minimum absolute atomic E-state index is 0.138. The van der Waals surface area contributed by atoms with Gasteiger partial charge in [0.2, 0.25) is 6.54 Å². The summed E-state index contributed by atoms with van der Waals surface area (Å²) in [6.07, 6.45) is -1.04. The first kappa shape index (κ1) is 13.6. The van der Waals surface area contributed by atoms with E-state index in [1.54, 1.807) is 0 Å². The molecule has 0 aliphatic carbocycles. The molecule has 0 amide bonds. The first-order chi connectivity index (χ1) is 8.40. The van der Waals surface area contributed by atoms with Crippen molar-refractivity contribution >= 4 is 11.7 Å². The molecule has 0 heterocycles. The molecule has 0 aromatic heterocycles. The lowest BCUT2D eigenvalue weighted by Crippen LogP contribution is -2.18. The second kappa shape index (κ2) is 5.71. The van der Waals surface area contributed by atoms with Gasteiger partial charge in [0.25, 0.3) is 5.69 Å². The Balaban J connectivity index is 2.93. The SMILES string of the molecule is CC(=O)OC(C[N+](=O)[O-])c1ccc([N+](=O)[O-])cc1. The van der Waals surface area contributed by atoms with Crippen molar-refractivity contribution in [3.63, 3.8) is 0 Å². The van der Waals surface area contributed by atoms with Crippen LogP contribution >= 0.6 is 0 Å². The molecule has 0 radical (unpaired) electrons. The van der Waals surface area contributed by atoms with E-state index in [0.717, 1.165) is 6.92 Å². The molecule has 0 saturated carbocycles. The molecule has 0 N–H and O–H groups in total. The summed E-state index contributed by atoms with van der Waals surface area (Å²) in [6.45, 7) is 0.551. The fourth-order valence-corrected chi connectivity index (χ4v) is 1.36. The molecule has 0 fully saturated rings. The minimum atomic E-state index is -1.04. The predicted molar refractivity (Wildman–Crippen MR) is 59.5 cm³/mol. The van der Waals surface area contributed by atoms with E-state index in [1.807, 2.05) is 0 Å². The second-order valence-electron chi connectivity index (χ2n) is 3.46. The van der Waals surface area contributed by atoms with Crippen molar-refractivity contribution in [1.82, 2.24) is 0 Å². The van der Waals surface area contributed by atoms with Gasteiger partial charge in [-0.25, -0.2) is 0 Å². The number of hydrogen-bond acceptors (Lipinski definition) is 6. The standard InChI is InChI=1S/C10H10N2O6/c1-7(13)18-10(6-11(14)15)8-2-4-9(5-3-8)12(16)17/h2-5,10H,6H2,1H3. The number of ether oxygens (including phenoxy) is 1. The first-order valence-corrected chi connectivity index (χ1v) is 4.93. The van der Waals surface area contributed by atoms with Crippen molar-refractivity contribution in [2.24, 2.45) is 0 Å². The van der Waals surface area contributed by atoms with Crippen LogP contribution in [0.1, 0.15) is 18.6 Å². The van der Waals surface area contributed by atoms with Crippen LogP contribution in [0.2, 0.25) is 0 Å². The molecule has 8 heteroatoms. The fourth-order valence-electron chi connectivity index (χ4n) is 1.36. The van der Waals surface area contributed by atoms with Crippen molar-refractivity contribution in [3.05, 3.63) is 50.1 Å². The van der Waals surface area contributed by atoms with Gasteiger partial charge >= 0.3 is 5.97 Å². The van der Waals surface area contributed by atoms with Crippen molar-refractivity contribution in [2.75, 3.05) is 6.54 Å². The molecule has 0 saturated heterocycles. The lowest BCUT2D eigenvalue weighted by Gasteiger charge is -2.12. The van der Waals surface area contributed by atoms with E-state index in [1.165, 1.54) is 24.3 Å². The number of carbonyl (C=O) groups is 1. The number of carbonyl (C=O) groups excluding carboxylic acids is 1. The summed E-state index contributed by atoms with van der Waals surface area (Å²) in [5, 5.41) is 20.9. The summed E-state index contributed by atoms with van der Waals surface area (Å²) in [5.74, 6) is -0.653. The van der Waals surface area contributed by atoms with Crippen LogP contribution < -0.4 is 0 Å². The maximum absolute atomic E-state index is 10.8. The Labute approximate surface area is 101 Å². The van der Waals surface area contributed by atoms with E-state index < -0.39 is 28.5 Å². The van der Waals surface area contributed by atoms with Crippen LogP contribution in [0.3, 0.4) is 0 Å². The number of nitro groups is 2. The number of rotatable bonds is 5. The zero-order valence-electron chi connectivity index (χ0n) is 9.44. The van der Waals surface area contributed by atoms with E-state index in [9.17, 15) is 25.0 Å². The number of nitro benzene ring substituents is 1. The lowest BCUT2D eigenvalue weighted by molar-refractivity contribution is -0.491. The van der Waals surface area contributed by atoms with E-state index in [4.69, 9.17) is 4.74 Å². The molecular weight excluding hydrogens is 244 g/mol. The highest BCUT2D eigenvalue weighted by atomic mass is 16.6. The Morgan fingerprint density at radius 1 is 1.28 bits per heavy atom. The third-order valence-corrected chi connectivity index (χ3v) is 2.10. The molecule has 0 aliphatic heterocycles. The Bertz CT molecular complexity index is 454. The zero-order valence-corrected chi connectivity index (χ0v) is 9.44. The number of hydrogen-bond donors (Lipinski definition) is 0. The molecule has 96 valence electrons. The largest absolute Gasteiger partial charge is 0.451 e. The van der Waals surface area contributed by atoms with Gasteiger partial charge in [-0.1, -0.05) is 0 Å². The Morgan fingerprint density at radius 2 is 1.83 bits per heavy atom. The molecule has 1 rings (SSSR count). The molecule has 1 atom stereocenters. The number of esters is 1. The molecular formula is C10H10N2O6. The Hall–Kier alpha value is -2.51. The molecule has 0 bridgehead atoms. The molecule has 1 unspecified atom stereocenters. The summed E-state index contributed by atoms with van der Waals surface area (Å²) in [5.41, 5.74) is 0.203. The van der Waals surface area contributed by atoms with Crippen LogP contribution in [0, 0.1) is 20.2 Å². The highest BCUT2D eigenvalue weighted by molar-refractivity contribution is 5.66. The molecule has 1 aromatic carbocycles. The van der Waals surface area contributed by atoms with Gasteiger partial charge in [-0.05, 0) is 17.7 Å². The van der Waals surface area contributed by atoms with Crippen molar-refractivity contribution < 1.29 is 19.4 Å². The highest BCUT2D eigenvalue weighted by Crippen LogP contribution is 2.21. The van der Waals surface area contributed by atoms with E-state index in [0.29, 0.717) is 5.56 Å². The first-order valence-electron chi connectivity index (χ1n) is 4.93. The highest BCUT2D eigenvalue weighted by Gasteiger charge is 2.21. The van der Waals surface area contributed by atoms with Gasteiger partial charge in [-0.15, -0.1) is 0 Å². The summed E-state index contributed by atoms with van der Waals surface area (Å²) < 4.78 is 4.80. The maximum atomic E-state index is 10.8. The van der Waals surface area contributed by atoms with E-state index >= 15 is 0 Å².